The Morgan fingerprint density at radius 3 is 2.67 bits per heavy atom. The minimum absolute atomic E-state index is 0.101. The van der Waals surface area contributed by atoms with Gasteiger partial charge in [0.15, 0.2) is 5.00 Å². The average molecular weight is 199 g/mol. The molecule has 0 saturated heterocycles. The summed E-state index contributed by atoms with van der Waals surface area (Å²) in [5.41, 5.74) is 5.16. The molecule has 4 N–H and O–H groups in total. The Bertz CT molecular complexity index is 158. The molecule has 0 amide bonds. The van der Waals surface area contributed by atoms with Crippen LogP contribution >= 0.6 is 11.6 Å². The Labute approximate surface area is 74.9 Å². The quantitative estimate of drug-likeness (QED) is 0.423. The maximum absolute atomic E-state index is 11.8. The van der Waals surface area contributed by atoms with E-state index in [0.29, 0.717) is 13.0 Å². The largest absolute Gasteiger partial charge is 0.479 e. The van der Waals surface area contributed by atoms with Crippen LogP contribution in [0.25, 0.3) is 0 Å². The van der Waals surface area contributed by atoms with E-state index >= 15 is 0 Å². The molecular formula is C6H12ClFN2O2. The van der Waals surface area contributed by atoms with E-state index in [1.807, 2.05) is 5.32 Å². The maximum atomic E-state index is 11.8. The highest BCUT2D eigenvalue weighted by molar-refractivity contribution is 6.33. The number of hydrogen-bond acceptors (Lipinski definition) is 3. The molecule has 1 atom stereocenters. The molecule has 0 fully saturated rings. The van der Waals surface area contributed by atoms with E-state index in [2.05, 4.69) is 0 Å². The molecule has 0 spiro atoms. The first kappa shape index (κ1) is 11.6. The highest BCUT2D eigenvalue weighted by atomic mass is 35.5. The van der Waals surface area contributed by atoms with Gasteiger partial charge < -0.3 is 10.8 Å². The number of aliphatic carboxylic acids is 1. The van der Waals surface area contributed by atoms with Gasteiger partial charge in [-0.15, -0.1) is 0 Å². The molecule has 12 heavy (non-hydrogen) atoms. The van der Waals surface area contributed by atoms with Crippen molar-refractivity contribution in [2.45, 2.75) is 17.8 Å². The standard InChI is InChI=1S/C6H12ClFN2O2/c7-6(5(11)12,10-4-8)2-1-3-9/h10H,1-4,9H2,(H,11,12)/t6-/m0/s1. The summed E-state index contributed by atoms with van der Waals surface area (Å²) < 4.78 is 11.8. The van der Waals surface area contributed by atoms with Crippen LogP contribution in [0.4, 0.5) is 4.39 Å². The summed E-state index contributed by atoms with van der Waals surface area (Å²) in [6.45, 7) is -0.643. The first-order valence-corrected chi connectivity index (χ1v) is 3.88. The van der Waals surface area contributed by atoms with E-state index in [-0.39, 0.29) is 6.42 Å². The zero-order valence-corrected chi connectivity index (χ0v) is 7.27. The normalized spacial score (nSPS) is 15.6. The second kappa shape index (κ2) is 5.29. The van der Waals surface area contributed by atoms with Crippen LogP contribution in [-0.2, 0) is 4.79 Å². The first-order valence-electron chi connectivity index (χ1n) is 3.50. The van der Waals surface area contributed by atoms with Gasteiger partial charge in [0, 0.05) is 0 Å². The number of carbonyl (C=O) groups is 1. The Morgan fingerprint density at radius 2 is 2.33 bits per heavy atom. The van der Waals surface area contributed by atoms with Crippen LogP contribution in [0.1, 0.15) is 12.8 Å². The Kier molecular flexibility index (Phi) is 5.12. The Balaban J connectivity index is 4.08. The van der Waals surface area contributed by atoms with Gasteiger partial charge >= 0.3 is 5.97 Å². The van der Waals surface area contributed by atoms with Gasteiger partial charge in [-0.1, -0.05) is 11.6 Å². The van der Waals surface area contributed by atoms with Gasteiger partial charge in [-0.3, -0.25) is 5.32 Å². The van der Waals surface area contributed by atoms with E-state index in [1.165, 1.54) is 0 Å². The molecule has 6 heteroatoms. The first-order chi connectivity index (χ1) is 5.56. The highest BCUT2D eigenvalue weighted by Gasteiger charge is 2.34. The predicted octanol–water partition coefficient (Wildman–Crippen LogP) is 0.262. The second-order valence-corrected chi connectivity index (χ2v) is 2.95. The summed E-state index contributed by atoms with van der Waals surface area (Å²) in [6, 6.07) is 0. The molecular weight excluding hydrogens is 187 g/mol. The number of halogens is 2. The molecule has 0 aliphatic carbocycles. The molecule has 0 aromatic heterocycles. The summed E-state index contributed by atoms with van der Waals surface area (Å²) in [6.07, 6.45) is 0.535. The molecule has 0 aliphatic rings. The summed E-state index contributed by atoms with van der Waals surface area (Å²) in [7, 11) is 0. The molecule has 0 aromatic carbocycles. The number of nitrogens with two attached hydrogens (primary N) is 1. The van der Waals surface area contributed by atoms with Crippen molar-refractivity contribution in [3.63, 3.8) is 0 Å². The van der Waals surface area contributed by atoms with Crippen molar-refractivity contribution < 1.29 is 14.3 Å². The lowest BCUT2D eigenvalue weighted by Gasteiger charge is -2.21. The molecule has 0 aliphatic heterocycles. The van der Waals surface area contributed by atoms with Gasteiger partial charge in [0.2, 0.25) is 0 Å². The summed E-state index contributed by atoms with van der Waals surface area (Å²) in [5.74, 6) is -1.28. The van der Waals surface area contributed by atoms with Crippen LogP contribution in [-0.4, -0.2) is 29.4 Å². The van der Waals surface area contributed by atoms with Crippen molar-refractivity contribution in [3.05, 3.63) is 0 Å². The van der Waals surface area contributed by atoms with Gasteiger partial charge in [0.1, 0.15) is 6.80 Å². The molecule has 0 aromatic rings. The topological polar surface area (TPSA) is 75.3 Å². The van der Waals surface area contributed by atoms with Crippen molar-refractivity contribution in [3.8, 4) is 0 Å². The number of rotatable bonds is 6. The van der Waals surface area contributed by atoms with Gasteiger partial charge in [0.25, 0.3) is 0 Å². The van der Waals surface area contributed by atoms with Crippen molar-refractivity contribution >= 4 is 17.6 Å². The molecule has 0 unspecified atom stereocenters. The van der Waals surface area contributed by atoms with E-state index in [1.54, 1.807) is 0 Å². The lowest BCUT2D eigenvalue weighted by molar-refractivity contribution is -0.141. The zero-order valence-electron chi connectivity index (χ0n) is 6.52. The Hall–Kier alpha value is -0.390. The van der Waals surface area contributed by atoms with E-state index in [9.17, 15) is 9.18 Å². The number of nitrogens with one attached hydrogen (secondary N) is 1. The van der Waals surface area contributed by atoms with Crippen LogP contribution in [0.5, 0.6) is 0 Å². The molecule has 0 rings (SSSR count). The smallest absolute Gasteiger partial charge is 0.339 e. The molecule has 4 nitrogen and oxygen atoms in total. The average Bonchev–Trinajstić information content (AvgIpc) is 2.01. The van der Waals surface area contributed by atoms with Gasteiger partial charge in [-0.25, -0.2) is 9.18 Å². The van der Waals surface area contributed by atoms with Crippen molar-refractivity contribution in [2.75, 3.05) is 13.3 Å². The monoisotopic (exact) mass is 198 g/mol. The maximum Gasteiger partial charge on any atom is 0.339 e. The van der Waals surface area contributed by atoms with Gasteiger partial charge in [-0.05, 0) is 19.4 Å². The minimum Gasteiger partial charge on any atom is -0.479 e. The lowest BCUT2D eigenvalue weighted by atomic mass is 10.1. The van der Waals surface area contributed by atoms with Crippen LogP contribution in [0.3, 0.4) is 0 Å². The van der Waals surface area contributed by atoms with Crippen molar-refractivity contribution in [1.29, 1.82) is 0 Å². The number of carboxylic acids is 1. The third-order valence-corrected chi connectivity index (χ3v) is 1.90. The second-order valence-electron chi connectivity index (χ2n) is 2.31. The summed E-state index contributed by atoms with van der Waals surface area (Å²) in [4.78, 5) is 8.80. The van der Waals surface area contributed by atoms with Crippen LogP contribution in [0, 0.1) is 0 Å². The molecule has 72 valence electrons. The van der Waals surface area contributed by atoms with Crippen molar-refractivity contribution in [2.24, 2.45) is 5.73 Å². The number of hydrogen-bond donors (Lipinski definition) is 3. The molecule has 0 bridgehead atoms. The lowest BCUT2D eigenvalue weighted by Crippen LogP contribution is -2.47. The fourth-order valence-electron chi connectivity index (χ4n) is 0.722. The van der Waals surface area contributed by atoms with Crippen LogP contribution in [0.2, 0.25) is 0 Å². The fourth-order valence-corrected chi connectivity index (χ4v) is 0.907. The van der Waals surface area contributed by atoms with E-state index in [0.717, 1.165) is 0 Å². The number of alkyl halides is 2. The highest BCUT2D eigenvalue weighted by Crippen LogP contribution is 2.18. The van der Waals surface area contributed by atoms with Crippen molar-refractivity contribution in [1.82, 2.24) is 5.32 Å². The predicted molar refractivity (Wildman–Crippen MR) is 43.6 cm³/mol. The summed E-state index contributed by atoms with van der Waals surface area (Å²) >= 11 is 5.55. The van der Waals surface area contributed by atoms with Crippen LogP contribution in [0.15, 0.2) is 0 Å². The molecule has 0 radical (unpaired) electrons. The third kappa shape index (κ3) is 3.34. The van der Waals surface area contributed by atoms with E-state index in [4.69, 9.17) is 22.4 Å². The summed E-state index contributed by atoms with van der Waals surface area (Å²) in [5, 5.41) is 10.6. The fraction of sp³-hybridized carbons (Fsp3) is 0.833. The Morgan fingerprint density at radius 1 is 1.75 bits per heavy atom. The third-order valence-electron chi connectivity index (χ3n) is 1.41. The number of carboxylic acid groups (broad SMARTS) is 1. The molecule has 0 saturated carbocycles. The molecule has 0 heterocycles. The van der Waals surface area contributed by atoms with E-state index < -0.39 is 17.8 Å². The van der Waals surface area contributed by atoms with Crippen LogP contribution < -0.4 is 11.1 Å². The van der Waals surface area contributed by atoms with Gasteiger partial charge in [-0.2, -0.15) is 0 Å². The van der Waals surface area contributed by atoms with Gasteiger partial charge in [0.05, 0.1) is 0 Å². The minimum atomic E-state index is -1.71. The SMILES string of the molecule is NCCC[C@](Cl)(NCF)C(=O)O. The zero-order chi connectivity index (χ0) is 9.61.